The number of rotatable bonds is 3. The van der Waals surface area contributed by atoms with E-state index in [1.165, 1.54) is 61.3 Å². The van der Waals surface area contributed by atoms with Crippen LogP contribution in [0.25, 0.3) is 22.3 Å². The zero-order valence-electron chi connectivity index (χ0n) is 22.7. The molecule has 1 unspecified atom stereocenters. The summed E-state index contributed by atoms with van der Waals surface area (Å²) in [6, 6.07) is 51.6. The Kier molecular flexibility index (Phi) is 4.93. The van der Waals surface area contributed by atoms with Crippen molar-refractivity contribution in [2.24, 2.45) is 0 Å². The average Bonchev–Trinajstić information content (AvgIpc) is 3.44. The molecule has 2 aliphatic rings. The zero-order chi connectivity index (χ0) is 26.8. The van der Waals surface area contributed by atoms with Gasteiger partial charge in [0.05, 0.1) is 5.41 Å². The van der Waals surface area contributed by atoms with E-state index in [4.69, 9.17) is 0 Å². The van der Waals surface area contributed by atoms with Crippen molar-refractivity contribution in [1.82, 2.24) is 0 Å². The lowest BCUT2D eigenvalue weighted by Gasteiger charge is -2.32. The Morgan fingerprint density at radius 3 is 1.40 bits per heavy atom. The molecule has 2 aliphatic carbocycles. The van der Waals surface area contributed by atoms with Gasteiger partial charge in [-0.2, -0.15) is 0 Å². The van der Waals surface area contributed by atoms with Crippen molar-refractivity contribution in [2.75, 3.05) is 4.90 Å². The molecule has 0 N–H and O–H groups in total. The van der Waals surface area contributed by atoms with Gasteiger partial charge < -0.3 is 4.90 Å². The lowest BCUT2D eigenvalue weighted by atomic mass is 9.70. The third kappa shape index (κ3) is 3.09. The number of hydrogen-bond donors (Lipinski definition) is 0. The second kappa shape index (κ2) is 8.56. The minimum Gasteiger partial charge on any atom is -0.310 e. The summed E-state index contributed by atoms with van der Waals surface area (Å²) < 4.78 is 0. The van der Waals surface area contributed by atoms with E-state index < -0.39 is 0 Å². The van der Waals surface area contributed by atoms with Gasteiger partial charge in [-0.05, 0) is 94.8 Å². The molecule has 1 nitrogen and oxygen atoms in total. The Morgan fingerprint density at radius 1 is 0.375 bits per heavy atom. The van der Waals surface area contributed by atoms with Gasteiger partial charge in [0.1, 0.15) is 0 Å². The van der Waals surface area contributed by atoms with Crippen molar-refractivity contribution >= 4 is 17.1 Å². The molecule has 0 saturated carbocycles. The number of aryl methyl sites for hydroxylation is 2. The van der Waals surface area contributed by atoms with Crippen LogP contribution in [0.1, 0.15) is 33.4 Å². The minimum atomic E-state index is -0.357. The Balaban J connectivity index is 1.47. The fourth-order valence-electron chi connectivity index (χ4n) is 7.14. The average molecular weight is 512 g/mol. The second-order valence-electron chi connectivity index (χ2n) is 11.1. The van der Waals surface area contributed by atoms with E-state index in [-0.39, 0.29) is 5.41 Å². The summed E-state index contributed by atoms with van der Waals surface area (Å²) >= 11 is 0. The van der Waals surface area contributed by atoms with Gasteiger partial charge in [-0.3, -0.25) is 0 Å². The van der Waals surface area contributed by atoms with Gasteiger partial charge in [-0.15, -0.1) is 0 Å². The summed E-state index contributed by atoms with van der Waals surface area (Å²) in [6.07, 6.45) is 0. The highest BCUT2D eigenvalue weighted by Gasteiger charge is 2.51. The highest BCUT2D eigenvalue weighted by molar-refractivity contribution is 5.96. The summed E-state index contributed by atoms with van der Waals surface area (Å²) in [6.45, 7) is 4.43. The normalized spacial score (nSPS) is 15.8. The highest BCUT2D eigenvalue weighted by Crippen LogP contribution is 2.63. The molecule has 0 aromatic heterocycles. The summed E-state index contributed by atoms with van der Waals surface area (Å²) in [5.74, 6) is 0. The molecule has 6 aromatic carbocycles. The van der Waals surface area contributed by atoms with Crippen LogP contribution in [0.5, 0.6) is 0 Å². The molecule has 1 atom stereocenters. The first-order valence-electron chi connectivity index (χ1n) is 14.0. The van der Waals surface area contributed by atoms with Crippen LogP contribution in [0.2, 0.25) is 0 Å². The Morgan fingerprint density at radius 2 is 0.825 bits per heavy atom. The molecule has 0 bridgehead atoms. The third-order valence-corrected chi connectivity index (χ3v) is 8.76. The summed E-state index contributed by atoms with van der Waals surface area (Å²) in [7, 11) is 0. The summed E-state index contributed by atoms with van der Waals surface area (Å²) in [5.41, 5.74) is 16.6. The number of para-hydroxylation sites is 2. The maximum Gasteiger partial charge on any atom is 0.0726 e. The molecule has 0 amide bonds. The van der Waals surface area contributed by atoms with Gasteiger partial charge >= 0.3 is 0 Å². The van der Waals surface area contributed by atoms with Gasteiger partial charge in [-0.1, -0.05) is 114 Å². The molecular weight excluding hydrogens is 482 g/mol. The van der Waals surface area contributed by atoms with E-state index in [1.54, 1.807) is 0 Å². The van der Waals surface area contributed by atoms with Gasteiger partial charge in [0.15, 0.2) is 0 Å². The predicted octanol–water partition coefficient (Wildman–Crippen LogP) is 10.1. The molecule has 6 aromatic rings. The van der Waals surface area contributed by atoms with E-state index in [0.717, 1.165) is 11.4 Å². The van der Waals surface area contributed by atoms with Crippen molar-refractivity contribution in [3.63, 3.8) is 0 Å². The molecule has 1 heteroatoms. The van der Waals surface area contributed by atoms with E-state index in [9.17, 15) is 0 Å². The molecule has 0 saturated heterocycles. The fraction of sp³-hybridized carbons (Fsp3) is 0.0769. The summed E-state index contributed by atoms with van der Waals surface area (Å²) in [5, 5.41) is 0. The number of nitrogens with zero attached hydrogens (tertiary/aromatic N) is 1. The molecule has 1 spiro atoms. The first kappa shape index (κ1) is 23.0. The quantitative estimate of drug-likeness (QED) is 0.228. The van der Waals surface area contributed by atoms with Gasteiger partial charge in [0.2, 0.25) is 0 Å². The topological polar surface area (TPSA) is 3.24 Å². The second-order valence-corrected chi connectivity index (χ2v) is 11.1. The van der Waals surface area contributed by atoms with Crippen LogP contribution in [0, 0.1) is 13.8 Å². The first-order chi connectivity index (χ1) is 19.7. The zero-order valence-corrected chi connectivity index (χ0v) is 22.7. The van der Waals surface area contributed by atoms with Gasteiger partial charge in [0.25, 0.3) is 0 Å². The van der Waals surface area contributed by atoms with Crippen LogP contribution < -0.4 is 4.90 Å². The van der Waals surface area contributed by atoms with Crippen molar-refractivity contribution in [2.45, 2.75) is 19.3 Å². The van der Waals surface area contributed by atoms with Gasteiger partial charge in [0, 0.05) is 17.1 Å². The third-order valence-electron chi connectivity index (χ3n) is 8.76. The number of hydrogen-bond acceptors (Lipinski definition) is 1. The number of anilines is 3. The molecular formula is C39H29N. The Labute approximate surface area is 236 Å². The lowest BCUT2D eigenvalue weighted by molar-refractivity contribution is 0.791. The maximum atomic E-state index is 2.46. The standard InChI is InChI=1S/C39H29N/c1-26-17-20-32-31-15-9-10-16-35(31)39(36(32)23-26)37-24-27(2)18-21-33(37)34-22-19-30(25-38(34)39)40(28-11-5-3-6-12-28)29-13-7-4-8-14-29/h3-25H,1-2H3. The van der Waals surface area contributed by atoms with Crippen LogP contribution in [0.3, 0.4) is 0 Å². The maximum absolute atomic E-state index is 2.46. The van der Waals surface area contributed by atoms with E-state index in [1.807, 2.05) is 0 Å². The van der Waals surface area contributed by atoms with Crippen molar-refractivity contribution in [3.8, 4) is 22.3 Å². The molecule has 8 rings (SSSR count). The van der Waals surface area contributed by atoms with Crippen LogP contribution >= 0.6 is 0 Å². The monoisotopic (exact) mass is 511 g/mol. The smallest absolute Gasteiger partial charge is 0.0726 e. The van der Waals surface area contributed by atoms with Crippen molar-refractivity contribution in [3.05, 3.63) is 173 Å². The Hall–Kier alpha value is -4.88. The summed E-state index contributed by atoms with van der Waals surface area (Å²) in [4.78, 5) is 2.38. The van der Waals surface area contributed by atoms with Crippen molar-refractivity contribution in [1.29, 1.82) is 0 Å². The lowest BCUT2D eigenvalue weighted by Crippen LogP contribution is -2.26. The number of benzene rings is 6. The SMILES string of the molecule is Cc1ccc2c(c1)C1(c3ccccc3-2)c2cc(C)ccc2-c2ccc(N(c3ccccc3)c3ccccc3)cc21. The van der Waals surface area contributed by atoms with Crippen LogP contribution in [-0.4, -0.2) is 0 Å². The minimum absolute atomic E-state index is 0.357. The molecule has 190 valence electrons. The predicted molar refractivity (Wildman–Crippen MR) is 167 cm³/mol. The molecule has 0 radical (unpaired) electrons. The van der Waals surface area contributed by atoms with Crippen LogP contribution in [0.4, 0.5) is 17.1 Å². The Bertz CT molecular complexity index is 1860. The fourth-order valence-corrected chi connectivity index (χ4v) is 7.14. The molecule has 0 fully saturated rings. The van der Waals surface area contributed by atoms with Crippen LogP contribution in [-0.2, 0) is 5.41 Å². The van der Waals surface area contributed by atoms with E-state index >= 15 is 0 Å². The number of fused-ring (bicyclic) bond motifs is 10. The van der Waals surface area contributed by atoms with E-state index in [0.29, 0.717) is 0 Å². The molecule has 0 heterocycles. The largest absolute Gasteiger partial charge is 0.310 e. The first-order valence-corrected chi connectivity index (χ1v) is 14.0. The molecule has 0 aliphatic heterocycles. The van der Waals surface area contributed by atoms with E-state index in [2.05, 4.69) is 158 Å². The van der Waals surface area contributed by atoms with Crippen LogP contribution in [0.15, 0.2) is 140 Å². The van der Waals surface area contributed by atoms with Gasteiger partial charge in [-0.25, -0.2) is 0 Å². The highest BCUT2D eigenvalue weighted by atomic mass is 15.1. The van der Waals surface area contributed by atoms with Crippen molar-refractivity contribution < 1.29 is 0 Å². The molecule has 40 heavy (non-hydrogen) atoms.